The second-order valence-corrected chi connectivity index (χ2v) is 4.85. The van der Waals surface area contributed by atoms with E-state index in [0.717, 1.165) is 25.2 Å². The normalized spacial score (nSPS) is 12.5. The smallest absolute Gasteiger partial charge is 0.122 e. The van der Waals surface area contributed by atoms with Crippen LogP contribution in [0.5, 0.6) is 5.75 Å². The highest BCUT2D eigenvalue weighted by molar-refractivity contribution is 5.37. The molecular weight excluding hydrogens is 210 g/mol. The third kappa shape index (κ3) is 5.22. The summed E-state index contributed by atoms with van der Waals surface area (Å²) in [6, 6.07) is 6.52. The predicted octanol–water partition coefficient (Wildman–Crippen LogP) is 3.45. The number of unbranched alkanes of at least 4 members (excludes halogenated alkanes) is 2. The molecule has 1 aromatic carbocycles. The summed E-state index contributed by atoms with van der Waals surface area (Å²) < 4.78 is 5.84. The maximum atomic E-state index is 5.86. The largest absolute Gasteiger partial charge is 0.493 e. The number of aryl methyl sites for hydroxylation is 1. The van der Waals surface area contributed by atoms with E-state index in [4.69, 9.17) is 10.5 Å². The minimum atomic E-state index is 0.176. The molecule has 2 N–H and O–H groups in total. The van der Waals surface area contributed by atoms with Gasteiger partial charge in [-0.2, -0.15) is 0 Å². The van der Waals surface area contributed by atoms with E-state index in [9.17, 15) is 0 Å². The Balaban J connectivity index is 2.62. The van der Waals surface area contributed by atoms with E-state index < -0.39 is 0 Å². The van der Waals surface area contributed by atoms with Crippen LogP contribution in [0.2, 0.25) is 0 Å². The van der Waals surface area contributed by atoms with Crippen molar-refractivity contribution in [1.82, 2.24) is 0 Å². The lowest BCUT2D eigenvalue weighted by Crippen LogP contribution is -2.18. The molecule has 0 amide bonds. The average Bonchev–Trinajstić information content (AvgIpc) is 2.26. The van der Waals surface area contributed by atoms with Crippen molar-refractivity contribution in [3.63, 3.8) is 0 Å². The molecule has 0 bridgehead atoms. The van der Waals surface area contributed by atoms with Gasteiger partial charge in [-0.1, -0.05) is 37.5 Å². The summed E-state index contributed by atoms with van der Waals surface area (Å²) >= 11 is 0. The Morgan fingerprint density at radius 1 is 1.29 bits per heavy atom. The zero-order chi connectivity index (χ0) is 12.7. The van der Waals surface area contributed by atoms with Gasteiger partial charge in [0.1, 0.15) is 5.75 Å². The van der Waals surface area contributed by atoms with E-state index in [0.29, 0.717) is 0 Å². The number of rotatable bonds is 7. The Bertz CT molecular complexity index is 334. The van der Waals surface area contributed by atoms with Crippen LogP contribution in [0.25, 0.3) is 0 Å². The van der Waals surface area contributed by atoms with Crippen molar-refractivity contribution in [2.45, 2.75) is 52.5 Å². The topological polar surface area (TPSA) is 35.2 Å². The van der Waals surface area contributed by atoms with Crippen molar-refractivity contribution in [2.24, 2.45) is 5.73 Å². The first-order chi connectivity index (χ1) is 8.13. The second-order valence-electron chi connectivity index (χ2n) is 4.85. The first-order valence-electron chi connectivity index (χ1n) is 6.61. The molecule has 0 aliphatic heterocycles. The zero-order valence-electron chi connectivity index (χ0n) is 11.3. The van der Waals surface area contributed by atoms with Crippen LogP contribution < -0.4 is 10.5 Å². The molecule has 1 aromatic rings. The Labute approximate surface area is 105 Å². The van der Waals surface area contributed by atoms with E-state index in [1.165, 1.54) is 24.0 Å². The molecule has 0 saturated heterocycles. The standard InChI is InChI=1S/C15H25NO/c1-4-5-6-9-17-15-8-7-12(2)10-14(15)11-13(3)16/h7-8,10,13H,4-6,9,11,16H2,1-3H3. The molecule has 1 atom stereocenters. The lowest BCUT2D eigenvalue weighted by Gasteiger charge is -2.13. The van der Waals surface area contributed by atoms with Gasteiger partial charge in [-0.15, -0.1) is 0 Å². The molecule has 2 heteroatoms. The van der Waals surface area contributed by atoms with Crippen LogP contribution in [0.15, 0.2) is 18.2 Å². The lowest BCUT2D eigenvalue weighted by molar-refractivity contribution is 0.302. The molecular formula is C15H25NO. The molecule has 0 heterocycles. The first kappa shape index (κ1) is 14.0. The molecule has 17 heavy (non-hydrogen) atoms. The van der Waals surface area contributed by atoms with Crippen molar-refractivity contribution in [3.8, 4) is 5.75 Å². The van der Waals surface area contributed by atoms with Crippen molar-refractivity contribution < 1.29 is 4.74 Å². The fourth-order valence-electron chi connectivity index (χ4n) is 1.89. The third-order valence-corrected chi connectivity index (χ3v) is 2.76. The number of benzene rings is 1. The highest BCUT2D eigenvalue weighted by Crippen LogP contribution is 2.21. The van der Waals surface area contributed by atoms with Crippen LogP contribution >= 0.6 is 0 Å². The Kier molecular flexibility index (Phi) is 6.06. The number of hydrogen-bond donors (Lipinski definition) is 1. The van der Waals surface area contributed by atoms with E-state index in [-0.39, 0.29) is 6.04 Å². The van der Waals surface area contributed by atoms with Gasteiger partial charge in [0.25, 0.3) is 0 Å². The van der Waals surface area contributed by atoms with E-state index in [1.54, 1.807) is 0 Å². The number of nitrogens with two attached hydrogens (primary N) is 1. The lowest BCUT2D eigenvalue weighted by atomic mass is 10.0. The van der Waals surface area contributed by atoms with Gasteiger partial charge < -0.3 is 10.5 Å². The summed E-state index contributed by atoms with van der Waals surface area (Å²) in [5.41, 5.74) is 8.36. The molecule has 0 fully saturated rings. The minimum Gasteiger partial charge on any atom is -0.493 e. The number of ether oxygens (including phenoxy) is 1. The molecule has 1 rings (SSSR count). The van der Waals surface area contributed by atoms with Crippen LogP contribution in [0, 0.1) is 6.92 Å². The average molecular weight is 235 g/mol. The third-order valence-electron chi connectivity index (χ3n) is 2.76. The van der Waals surface area contributed by atoms with Crippen molar-refractivity contribution in [3.05, 3.63) is 29.3 Å². The number of hydrogen-bond acceptors (Lipinski definition) is 2. The van der Waals surface area contributed by atoms with Crippen LogP contribution in [0.4, 0.5) is 0 Å². The summed E-state index contributed by atoms with van der Waals surface area (Å²) in [6.45, 7) is 7.14. The second kappa shape index (κ2) is 7.33. The van der Waals surface area contributed by atoms with Gasteiger partial charge in [-0.25, -0.2) is 0 Å². The first-order valence-corrected chi connectivity index (χ1v) is 6.61. The van der Waals surface area contributed by atoms with Crippen molar-refractivity contribution in [2.75, 3.05) is 6.61 Å². The van der Waals surface area contributed by atoms with Crippen LogP contribution in [0.3, 0.4) is 0 Å². The van der Waals surface area contributed by atoms with Crippen LogP contribution in [0.1, 0.15) is 44.2 Å². The Hall–Kier alpha value is -1.02. The summed E-state index contributed by atoms with van der Waals surface area (Å²) in [6.07, 6.45) is 4.46. The van der Waals surface area contributed by atoms with Gasteiger partial charge >= 0.3 is 0 Å². The van der Waals surface area contributed by atoms with Crippen molar-refractivity contribution >= 4 is 0 Å². The van der Waals surface area contributed by atoms with E-state index in [2.05, 4.69) is 32.0 Å². The molecule has 1 unspecified atom stereocenters. The molecule has 0 aliphatic rings. The van der Waals surface area contributed by atoms with Gasteiger partial charge in [0, 0.05) is 6.04 Å². The fourth-order valence-corrected chi connectivity index (χ4v) is 1.89. The summed E-state index contributed by atoms with van der Waals surface area (Å²) in [5, 5.41) is 0. The summed E-state index contributed by atoms with van der Waals surface area (Å²) in [7, 11) is 0. The minimum absolute atomic E-state index is 0.176. The quantitative estimate of drug-likeness (QED) is 0.735. The fraction of sp³-hybridized carbons (Fsp3) is 0.600. The van der Waals surface area contributed by atoms with Crippen molar-refractivity contribution in [1.29, 1.82) is 0 Å². The van der Waals surface area contributed by atoms with E-state index in [1.807, 2.05) is 6.92 Å². The van der Waals surface area contributed by atoms with Crippen LogP contribution in [-0.4, -0.2) is 12.6 Å². The Morgan fingerprint density at radius 2 is 2.06 bits per heavy atom. The SMILES string of the molecule is CCCCCOc1ccc(C)cc1CC(C)N. The van der Waals surface area contributed by atoms with Gasteiger partial charge in [-0.05, 0) is 38.3 Å². The molecule has 0 aromatic heterocycles. The van der Waals surface area contributed by atoms with Crippen LogP contribution in [-0.2, 0) is 6.42 Å². The Morgan fingerprint density at radius 3 is 2.71 bits per heavy atom. The maximum absolute atomic E-state index is 5.86. The predicted molar refractivity (Wildman–Crippen MR) is 73.6 cm³/mol. The van der Waals surface area contributed by atoms with E-state index >= 15 is 0 Å². The summed E-state index contributed by atoms with van der Waals surface area (Å²) in [5.74, 6) is 1.00. The highest BCUT2D eigenvalue weighted by atomic mass is 16.5. The monoisotopic (exact) mass is 235 g/mol. The maximum Gasteiger partial charge on any atom is 0.122 e. The zero-order valence-corrected chi connectivity index (χ0v) is 11.3. The van der Waals surface area contributed by atoms with Gasteiger partial charge in [0.15, 0.2) is 0 Å². The summed E-state index contributed by atoms with van der Waals surface area (Å²) in [4.78, 5) is 0. The molecule has 0 radical (unpaired) electrons. The molecule has 0 saturated carbocycles. The highest BCUT2D eigenvalue weighted by Gasteiger charge is 2.06. The van der Waals surface area contributed by atoms with Gasteiger partial charge in [-0.3, -0.25) is 0 Å². The molecule has 2 nitrogen and oxygen atoms in total. The molecule has 0 spiro atoms. The van der Waals surface area contributed by atoms with Gasteiger partial charge in [0.05, 0.1) is 6.61 Å². The van der Waals surface area contributed by atoms with Gasteiger partial charge in [0.2, 0.25) is 0 Å². The molecule has 96 valence electrons. The molecule has 0 aliphatic carbocycles.